The number of thiophene rings is 1. The summed E-state index contributed by atoms with van der Waals surface area (Å²) in [5, 5.41) is 8.90. The molecule has 5 heteroatoms. The second kappa shape index (κ2) is 5.54. The molecule has 0 unspecified atom stereocenters. The van der Waals surface area contributed by atoms with E-state index in [1.54, 1.807) is 6.07 Å². The van der Waals surface area contributed by atoms with Crippen LogP contribution in [-0.4, -0.2) is 11.1 Å². The molecule has 0 atom stereocenters. The van der Waals surface area contributed by atoms with E-state index >= 15 is 0 Å². The van der Waals surface area contributed by atoms with E-state index in [1.165, 1.54) is 11.3 Å². The highest BCUT2D eigenvalue weighted by atomic mass is 79.9. The zero-order valence-corrected chi connectivity index (χ0v) is 12.0. The third kappa shape index (κ3) is 3.11. The third-order valence-corrected chi connectivity index (χ3v) is 4.05. The summed E-state index contributed by atoms with van der Waals surface area (Å²) < 4.78 is 6.61. The highest BCUT2D eigenvalue weighted by Crippen LogP contribution is 2.24. The number of ether oxygens (including phenoxy) is 1. The molecule has 1 aromatic carbocycles. The molecule has 18 heavy (non-hydrogen) atoms. The molecule has 0 fully saturated rings. The largest absolute Gasteiger partial charge is 0.489 e. The van der Waals surface area contributed by atoms with Gasteiger partial charge in [0, 0.05) is 14.9 Å². The number of carboxylic acids is 1. The molecule has 1 heterocycles. The van der Waals surface area contributed by atoms with E-state index in [0.29, 0.717) is 11.5 Å². The number of rotatable bonds is 4. The maximum atomic E-state index is 10.8. The Balaban J connectivity index is 2.06. The molecule has 2 aromatic rings. The minimum absolute atomic E-state index is 0.349. The molecule has 94 valence electrons. The molecule has 0 saturated carbocycles. The van der Waals surface area contributed by atoms with Crippen molar-refractivity contribution in [1.29, 1.82) is 0 Å². The topological polar surface area (TPSA) is 46.5 Å². The van der Waals surface area contributed by atoms with Crippen LogP contribution in [0.1, 0.15) is 20.1 Å². The molecule has 0 amide bonds. The maximum Gasteiger partial charge on any atom is 0.345 e. The van der Waals surface area contributed by atoms with Gasteiger partial charge in [-0.25, -0.2) is 4.79 Å². The first-order valence-corrected chi connectivity index (χ1v) is 6.88. The molecule has 0 spiro atoms. The number of halogens is 1. The van der Waals surface area contributed by atoms with Crippen molar-refractivity contribution in [3.05, 3.63) is 50.1 Å². The van der Waals surface area contributed by atoms with Crippen LogP contribution in [0.25, 0.3) is 0 Å². The van der Waals surface area contributed by atoms with Gasteiger partial charge in [-0.15, -0.1) is 11.3 Å². The van der Waals surface area contributed by atoms with Crippen molar-refractivity contribution in [3.63, 3.8) is 0 Å². The van der Waals surface area contributed by atoms with Gasteiger partial charge in [0.1, 0.15) is 17.2 Å². The SMILES string of the molecule is Cc1sc(C(=O)O)cc1COc1ccc(Br)cc1. The lowest BCUT2D eigenvalue weighted by atomic mass is 10.2. The number of aromatic carboxylic acids is 1. The minimum atomic E-state index is -0.891. The van der Waals surface area contributed by atoms with Crippen molar-refractivity contribution in [3.8, 4) is 5.75 Å². The van der Waals surface area contributed by atoms with Crippen LogP contribution in [0, 0.1) is 6.92 Å². The summed E-state index contributed by atoms with van der Waals surface area (Å²) in [6, 6.07) is 9.20. The van der Waals surface area contributed by atoms with Gasteiger partial charge in [0.15, 0.2) is 0 Å². The first-order valence-electron chi connectivity index (χ1n) is 5.27. The lowest BCUT2D eigenvalue weighted by molar-refractivity contribution is 0.0702. The van der Waals surface area contributed by atoms with Crippen LogP contribution in [0.4, 0.5) is 0 Å². The van der Waals surface area contributed by atoms with Gasteiger partial charge in [-0.2, -0.15) is 0 Å². The first-order chi connectivity index (χ1) is 8.56. The van der Waals surface area contributed by atoms with E-state index in [2.05, 4.69) is 15.9 Å². The highest BCUT2D eigenvalue weighted by molar-refractivity contribution is 9.10. The monoisotopic (exact) mass is 326 g/mol. The van der Waals surface area contributed by atoms with Crippen LogP contribution in [0.15, 0.2) is 34.8 Å². The zero-order valence-electron chi connectivity index (χ0n) is 9.64. The van der Waals surface area contributed by atoms with E-state index in [4.69, 9.17) is 9.84 Å². The van der Waals surface area contributed by atoms with E-state index in [0.717, 1.165) is 20.7 Å². The first kappa shape index (κ1) is 13.1. The van der Waals surface area contributed by atoms with Crippen molar-refractivity contribution in [2.75, 3.05) is 0 Å². The van der Waals surface area contributed by atoms with Gasteiger partial charge >= 0.3 is 5.97 Å². The van der Waals surface area contributed by atoms with Crippen molar-refractivity contribution in [2.45, 2.75) is 13.5 Å². The van der Waals surface area contributed by atoms with Crippen molar-refractivity contribution >= 4 is 33.2 Å². The molecule has 0 saturated heterocycles. The average molecular weight is 327 g/mol. The van der Waals surface area contributed by atoms with Crippen LogP contribution >= 0.6 is 27.3 Å². The van der Waals surface area contributed by atoms with Crippen LogP contribution in [0.2, 0.25) is 0 Å². The Morgan fingerprint density at radius 3 is 2.61 bits per heavy atom. The van der Waals surface area contributed by atoms with E-state index < -0.39 is 5.97 Å². The summed E-state index contributed by atoms with van der Waals surface area (Å²) in [5.74, 6) is -0.126. The van der Waals surface area contributed by atoms with Gasteiger partial charge in [-0.3, -0.25) is 0 Å². The Bertz CT molecular complexity index is 560. The van der Waals surface area contributed by atoms with E-state index in [1.807, 2.05) is 31.2 Å². The van der Waals surface area contributed by atoms with Crippen molar-refractivity contribution < 1.29 is 14.6 Å². The quantitative estimate of drug-likeness (QED) is 0.920. The summed E-state index contributed by atoms with van der Waals surface area (Å²) in [6.45, 7) is 2.29. The van der Waals surface area contributed by atoms with Gasteiger partial charge in [0.25, 0.3) is 0 Å². The Hall–Kier alpha value is -1.33. The summed E-state index contributed by atoms with van der Waals surface area (Å²) in [5.41, 5.74) is 0.917. The minimum Gasteiger partial charge on any atom is -0.489 e. The number of hydrogen-bond donors (Lipinski definition) is 1. The molecule has 0 aliphatic heterocycles. The Morgan fingerprint density at radius 1 is 1.39 bits per heavy atom. The standard InChI is InChI=1S/C13H11BrO3S/c1-8-9(6-12(18-8)13(15)16)7-17-11-4-2-10(14)3-5-11/h2-6H,7H2,1H3,(H,15,16). The second-order valence-electron chi connectivity index (χ2n) is 3.74. The van der Waals surface area contributed by atoms with Crippen LogP contribution in [0.5, 0.6) is 5.75 Å². The fourth-order valence-electron chi connectivity index (χ4n) is 1.46. The third-order valence-electron chi connectivity index (χ3n) is 2.44. The molecule has 3 nitrogen and oxygen atoms in total. The fourth-order valence-corrected chi connectivity index (χ4v) is 2.59. The van der Waals surface area contributed by atoms with Gasteiger partial charge < -0.3 is 9.84 Å². The van der Waals surface area contributed by atoms with E-state index in [-0.39, 0.29) is 0 Å². The van der Waals surface area contributed by atoms with Crippen molar-refractivity contribution in [1.82, 2.24) is 0 Å². The molecule has 0 aliphatic carbocycles. The van der Waals surface area contributed by atoms with Crippen molar-refractivity contribution in [2.24, 2.45) is 0 Å². The predicted molar refractivity (Wildman–Crippen MR) is 74.5 cm³/mol. The van der Waals surface area contributed by atoms with Crippen LogP contribution in [0.3, 0.4) is 0 Å². The molecule has 2 rings (SSSR count). The number of aryl methyl sites for hydroxylation is 1. The molecular weight excluding hydrogens is 316 g/mol. The second-order valence-corrected chi connectivity index (χ2v) is 5.91. The number of benzene rings is 1. The molecule has 1 N–H and O–H groups in total. The van der Waals surface area contributed by atoms with Gasteiger partial charge in [0.05, 0.1) is 0 Å². The molecule has 0 aliphatic rings. The highest BCUT2D eigenvalue weighted by Gasteiger charge is 2.11. The zero-order chi connectivity index (χ0) is 13.1. The Kier molecular flexibility index (Phi) is 4.04. The van der Waals surface area contributed by atoms with Crippen LogP contribution < -0.4 is 4.74 Å². The summed E-state index contributed by atoms with van der Waals surface area (Å²) >= 11 is 4.63. The summed E-state index contributed by atoms with van der Waals surface area (Å²) in [4.78, 5) is 12.2. The van der Waals surface area contributed by atoms with Gasteiger partial charge in [-0.1, -0.05) is 15.9 Å². The van der Waals surface area contributed by atoms with E-state index in [9.17, 15) is 4.79 Å². The molecule has 1 aromatic heterocycles. The predicted octanol–water partition coefficient (Wildman–Crippen LogP) is 4.10. The normalized spacial score (nSPS) is 10.3. The molecule has 0 radical (unpaired) electrons. The lowest BCUT2D eigenvalue weighted by Crippen LogP contribution is -1.95. The molecule has 0 bridgehead atoms. The van der Waals surface area contributed by atoms with Gasteiger partial charge in [0.2, 0.25) is 0 Å². The Labute approximate surface area is 117 Å². The smallest absolute Gasteiger partial charge is 0.345 e. The number of carboxylic acid groups (broad SMARTS) is 1. The van der Waals surface area contributed by atoms with Crippen LogP contribution in [-0.2, 0) is 6.61 Å². The van der Waals surface area contributed by atoms with Gasteiger partial charge in [-0.05, 0) is 37.3 Å². The average Bonchev–Trinajstić information content (AvgIpc) is 2.70. The fraction of sp³-hybridized carbons (Fsp3) is 0.154. The summed E-state index contributed by atoms with van der Waals surface area (Å²) in [7, 11) is 0. The maximum absolute atomic E-state index is 10.8. The lowest BCUT2D eigenvalue weighted by Gasteiger charge is -2.05. The Morgan fingerprint density at radius 2 is 2.06 bits per heavy atom. The number of hydrogen-bond acceptors (Lipinski definition) is 3. The molecular formula is C13H11BrO3S. The summed E-state index contributed by atoms with van der Waals surface area (Å²) in [6.07, 6.45) is 0. The number of carbonyl (C=O) groups is 1.